The maximum Gasteiger partial charge on any atom is 0.257 e. The van der Waals surface area contributed by atoms with Crippen molar-refractivity contribution in [3.63, 3.8) is 0 Å². The van der Waals surface area contributed by atoms with Gasteiger partial charge in [-0.25, -0.2) is 13.4 Å². The number of thiazole rings is 1. The van der Waals surface area contributed by atoms with E-state index in [4.69, 9.17) is 0 Å². The molecule has 0 radical (unpaired) electrons. The standard InChI is InChI=1S/C14H13N5O3S3/c1-25(21,22)19-5-4-10-12(7-19)23-14(15-10)16-13(20)8-2-3-9-11(6-8)18-24-17-9/h2-3,6H,4-5,7H2,1H3,(H,15,16,20). The SMILES string of the molecule is CS(=O)(=O)N1CCc2nc(NC(=O)c3ccc4nsnc4c3)sc2C1. The lowest BCUT2D eigenvalue weighted by Gasteiger charge is -2.23. The predicted octanol–water partition coefficient (Wildman–Crippen LogP) is 1.72. The van der Waals surface area contributed by atoms with E-state index >= 15 is 0 Å². The van der Waals surface area contributed by atoms with E-state index in [2.05, 4.69) is 19.0 Å². The zero-order chi connectivity index (χ0) is 17.6. The van der Waals surface area contributed by atoms with Gasteiger partial charge in [0, 0.05) is 30.0 Å². The van der Waals surface area contributed by atoms with Gasteiger partial charge in [-0.2, -0.15) is 13.1 Å². The Labute approximate surface area is 151 Å². The van der Waals surface area contributed by atoms with Crippen LogP contribution in [0, 0.1) is 0 Å². The molecule has 0 spiro atoms. The molecule has 1 aliphatic heterocycles. The monoisotopic (exact) mass is 395 g/mol. The molecule has 0 aliphatic carbocycles. The molecule has 8 nitrogen and oxygen atoms in total. The molecule has 4 rings (SSSR count). The summed E-state index contributed by atoms with van der Waals surface area (Å²) < 4.78 is 33.0. The molecular weight excluding hydrogens is 382 g/mol. The molecule has 2 aromatic heterocycles. The van der Waals surface area contributed by atoms with Crippen molar-refractivity contribution < 1.29 is 13.2 Å². The molecule has 0 atom stereocenters. The molecule has 0 saturated carbocycles. The van der Waals surface area contributed by atoms with Gasteiger partial charge in [-0.3, -0.25) is 10.1 Å². The number of nitrogens with zero attached hydrogens (tertiary/aromatic N) is 4. The van der Waals surface area contributed by atoms with Crippen LogP contribution in [0.1, 0.15) is 20.9 Å². The van der Waals surface area contributed by atoms with E-state index in [9.17, 15) is 13.2 Å². The van der Waals surface area contributed by atoms with E-state index in [1.54, 1.807) is 18.2 Å². The fourth-order valence-electron chi connectivity index (χ4n) is 2.60. The third kappa shape index (κ3) is 3.27. The summed E-state index contributed by atoms with van der Waals surface area (Å²) in [5, 5.41) is 3.26. The predicted molar refractivity (Wildman–Crippen MR) is 96.4 cm³/mol. The zero-order valence-electron chi connectivity index (χ0n) is 13.1. The van der Waals surface area contributed by atoms with Crippen LogP contribution in [0.3, 0.4) is 0 Å². The van der Waals surface area contributed by atoms with Crippen LogP contribution in [0.4, 0.5) is 5.13 Å². The Hall–Kier alpha value is -1.95. The molecule has 1 amide bonds. The van der Waals surface area contributed by atoms with Crippen LogP contribution in [0.15, 0.2) is 18.2 Å². The number of amides is 1. The molecule has 0 unspecified atom stereocenters. The van der Waals surface area contributed by atoms with Crippen molar-refractivity contribution in [2.75, 3.05) is 18.1 Å². The minimum absolute atomic E-state index is 0.277. The molecule has 25 heavy (non-hydrogen) atoms. The van der Waals surface area contributed by atoms with Crippen LogP contribution < -0.4 is 5.32 Å². The van der Waals surface area contributed by atoms with Gasteiger partial charge in [0.1, 0.15) is 11.0 Å². The number of nitrogens with one attached hydrogen (secondary N) is 1. The first-order chi connectivity index (χ1) is 11.9. The summed E-state index contributed by atoms with van der Waals surface area (Å²) in [5.41, 5.74) is 2.76. The largest absolute Gasteiger partial charge is 0.298 e. The van der Waals surface area contributed by atoms with E-state index < -0.39 is 10.0 Å². The first-order valence-electron chi connectivity index (χ1n) is 7.37. The van der Waals surface area contributed by atoms with Gasteiger partial charge in [0.05, 0.1) is 23.7 Å². The van der Waals surface area contributed by atoms with Crippen LogP contribution in [-0.4, -0.2) is 45.2 Å². The highest BCUT2D eigenvalue weighted by Gasteiger charge is 2.26. The van der Waals surface area contributed by atoms with Crippen LogP contribution in [0.25, 0.3) is 11.0 Å². The summed E-state index contributed by atoms with van der Waals surface area (Å²) in [6.45, 7) is 0.717. The first-order valence-corrected chi connectivity index (χ1v) is 10.8. The number of aromatic nitrogens is 3. The minimum atomic E-state index is -3.23. The van der Waals surface area contributed by atoms with E-state index in [1.807, 2.05) is 0 Å². The van der Waals surface area contributed by atoms with Crippen molar-refractivity contribution in [1.82, 2.24) is 18.0 Å². The number of sulfonamides is 1. The third-order valence-electron chi connectivity index (χ3n) is 3.90. The summed E-state index contributed by atoms with van der Waals surface area (Å²) >= 11 is 2.41. The highest BCUT2D eigenvalue weighted by molar-refractivity contribution is 7.88. The van der Waals surface area contributed by atoms with Crippen molar-refractivity contribution in [2.45, 2.75) is 13.0 Å². The summed E-state index contributed by atoms with van der Waals surface area (Å²) in [6, 6.07) is 5.13. The summed E-state index contributed by atoms with van der Waals surface area (Å²) in [6.07, 6.45) is 1.75. The van der Waals surface area contributed by atoms with E-state index in [1.165, 1.54) is 21.9 Å². The molecule has 1 N–H and O–H groups in total. The van der Waals surface area contributed by atoms with Gasteiger partial charge in [0.15, 0.2) is 5.13 Å². The molecule has 0 fully saturated rings. The van der Waals surface area contributed by atoms with Crippen molar-refractivity contribution in [2.24, 2.45) is 0 Å². The van der Waals surface area contributed by atoms with Gasteiger partial charge in [-0.05, 0) is 18.2 Å². The number of rotatable bonds is 3. The second-order valence-electron chi connectivity index (χ2n) is 5.66. The van der Waals surface area contributed by atoms with Crippen LogP contribution >= 0.6 is 23.1 Å². The molecular formula is C14H13N5O3S3. The molecule has 0 saturated heterocycles. The topological polar surface area (TPSA) is 105 Å². The van der Waals surface area contributed by atoms with Crippen molar-refractivity contribution >= 4 is 55.2 Å². The maximum absolute atomic E-state index is 12.4. The van der Waals surface area contributed by atoms with Gasteiger partial charge < -0.3 is 0 Å². The number of benzene rings is 1. The van der Waals surface area contributed by atoms with Gasteiger partial charge >= 0.3 is 0 Å². The zero-order valence-corrected chi connectivity index (χ0v) is 15.5. The van der Waals surface area contributed by atoms with Crippen molar-refractivity contribution in [1.29, 1.82) is 0 Å². The molecule has 3 aromatic rings. The Bertz CT molecular complexity index is 1070. The highest BCUT2D eigenvalue weighted by Crippen LogP contribution is 2.29. The Morgan fingerprint density at radius 3 is 2.88 bits per heavy atom. The maximum atomic E-state index is 12.4. The van der Waals surface area contributed by atoms with E-state index in [0.29, 0.717) is 35.7 Å². The van der Waals surface area contributed by atoms with E-state index in [-0.39, 0.29) is 5.91 Å². The molecule has 11 heteroatoms. The van der Waals surface area contributed by atoms with Crippen molar-refractivity contribution in [3.8, 4) is 0 Å². The lowest BCUT2D eigenvalue weighted by Crippen LogP contribution is -2.34. The number of fused-ring (bicyclic) bond motifs is 2. The van der Waals surface area contributed by atoms with E-state index in [0.717, 1.165) is 27.8 Å². The average Bonchev–Trinajstić information content (AvgIpc) is 3.18. The summed E-state index contributed by atoms with van der Waals surface area (Å²) in [5.74, 6) is -0.277. The van der Waals surface area contributed by atoms with Gasteiger partial charge in [0.25, 0.3) is 5.91 Å². The quantitative estimate of drug-likeness (QED) is 0.724. The number of hydrogen-bond acceptors (Lipinski definition) is 8. The smallest absolute Gasteiger partial charge is 0.257 e. The Kier molecular flexibility index (Phi) is 4.02. The van der Waals surface area contributed by atoms with Gasteiger partial charge in [-0.15, -0.1) is 11.3 Å². The fraction of sp³-hybridized carbons (Fsp3) is 0.286. The molecule has 130 valence electrons. The Morgan fingerprint density at radius 1 is 1.28 bits per heavy atom. The highest BCUT2D eigenvalue weighted by atomic mass is 32.2. The third-order valence-corrected chi connectivity index (χ3v) is 6.71. The van der Waals surface area contributed by atoms with Crippen LogP contribution in [0.5, 0.6) is 0 Å². The average molecular weight is 395 g/mol. The molecule has 3 heterocycles. The number of hydrogen-bond donors (Lipinski definition) is 1. The number of carbonyl (C=O) groups is 1. The van der Waals surface area contributed by atoms with Gasteiger partial charge in [-0.1, -0.05) is 0 Å². The normalized spacial score (nSPS) is 15.2. The second-order valence-corrected chi connectivity index (χ2v) is 9.25. The summed E-state index contributed by atoms with van der Waals surface area (Å²) in [4.78, 5) is 17.7. The molecule has 1 aromatic carbocycles. The first kappa shape index (κ1) is 16.5. The number of anilines is 1. The van der Waals surface area contributed by atoms with Crippen LogP contribution in [-0.2, 0) is 23.0 Å². The molecule has 1 aliphatic rings. The molecule has 0 bridgehead atoms. The van der Waals surface area contributed by atoms with Crippen molar-refractivity contribution in [3.05, 3.63) is 34.3 Å². The van der Waals surface area contributed by atoms with Gasteiger partial charge in [0.2, 0.25) is 10.0 Å². The fourth-order valence-corrected chi connectivity index (χ4v) is 5.01. The Balaban J connectivity index is 1.54. The minimum Gasteiger partial charge on any atom is -0.298 e. The second kappa shape index (κ2) is 6.09. The lowest BCUT2D eigenvalue weighted by molar-refractivity contribution is 0.102. The summed E-state index contributed by atoms with van der Waals surface area (Å²) in [7, 11) is -3.23. The number of carbonyl (C=O) groups excluding carboxylic acids is 1. The Morgan fingerprint density at radius 2 is 2.08 bits per heavy atom. The van der Waals surface area contributed by atoms with Crippen LogP contribution in [0.2, 0.25) is 0 Å². The lowest BCUT2D eigenvalue weighted by atomic mass is 10.2.